The zero-order chi connectivity index (χ0) is 32.8. The van der Waals surface area contributed by atoms with Crippen molar-refractivity contribution < 1.29 is 28.5 Å². The van der Waals surface area contributed by atoms with E-state index < -0.39 is 0 Å². The highest BCUT2D eigenvalue weighted by Crippen LogP contribution is 2.50. The molecule has 0 aliphatic heterocycles. The molecule has 0 heterocycles. The standard InChI is InChI=1S/C39H64O6/c1-26(2)36(40)44-34-21-13-30(14-22-34)38(5,6)28-9-17-32(18-10-28)42-25-43-33-19-11-29(12-20-33)39(7,8)31-15-23-35(24-16-31)45-37(41)27(3)4/h28-35H,1,3,9-25H2,2,4-8H3. The summed E-state index contributed by atoms with van der Waals surface area (Å²) in [5, 5.41) is 0. The molecule has 0 atom stereocenters. The molecule has 0 saturated heterocycles. The number of ether oxygens (including phenoxy) is 4. The van der Waals surface area contributed by atoms with Crippen LogP contribution in [0, 0.1) is 34.5 Å². The fourth-order valence-corrected chi connectivity index (χ4v) is 9.20. The van der Waals surface area contributed by atoms with Crippen molar-refractivity contribution in [2.75, 3.05) is 6.79 Å². The molecule has 4 saturated carbocycles. The summed E-state index contributed by atoms with van der Waals surface area (Å²) < 4.78 is 23.8. The molecule has 45 heavy (non-hydrogen) atoms. The van der Waals surface area contributed by atoms with Gasteiger partial charge in [0.1, 0.15) is 19.0 Å². The Balaban J connectivity index is 1.10. The van der Waals surface area contributed by atoms with Crippen molar-refractivity contribution in [1.82, 2.24) is 0 Å². The van der Waals surface area contributed by atoms with Gasteiger partial charge in [0.05, 0.1) is 12.2 Å². The molecule has 4 aliphatic carbocycles. The molecule has 0 unspecified atom stereocenters. The number of hydrogen-bond donors (Lipinski definition) is 0. The second-order valence-corrected chi connectivity index (χ2v) is 16.4. The van der Waals surface area contributed by atoms with E-state index in [0.29, 0.717) is 52.8 Å². The van der Waals surface area contributed by atoms with Crippen LogP contribution in [-0.4, -0.2) is 43.1 Å². The molecular weight excluding hydrogens is 564 g/mol. The molecule has 6 nitrogen and oxygen atoms in total. The highest BCUT2D eigenvalue weighted by molar-refractivity contribution is 5.87. The van der Waals surface area contributed by atoms with Gasteiger partial charge in [-0.25, -0.2) is 9.59 Å². The third kappa shape index (κ3) is 9.69. The van der Waals surface area contributed by atoms with Crippen LogP contribution in [0.4, 0.5) is 0 Å². The third-order valence-electron chi connectivity index (χ3n) is 12.8. The Morgan fingerprint density at radius 3 is 0.978 bits per heavy atom. The molecule has 4 rings (SSSR count). The Hall–Kier alpha value is -1.66. The highest BCUT2D eigenvalue weighted by atomic mass is 16.7. The second kappa shape index (κ2) is 16.0. The lowest BCUT2D eigenvalue weighted by Gasteiger charge is -2.47. The number of rotatable bonds is 12. The van der Waals surface area contributed by atoms with Crippen LogP contribution in [0.2, 0.25) is 0 Å². The molecule has 0 amide bonds. The van der Waals surface area contributed by atoms with Crippen molar-refractivity contribution in [2.45, 2.75) is 169 Å². The number of carbonyl (C=O) groups excluding carboxylic acids is 2. The fraction of sp³-hybridized carbons (Fsp3) is 0.846. The Bertz CT molecular complexity index is 917. The van der Waals surface area contributed by atoms with Gasteiger partial charge >= 0.3 is 11.9 Å². The van der Waals surface area contributed by atoms with E-state index in [0.717, 1.165) is 88.9 Å². The molecule has 0 radical (unpaired) electrons. The monoisotopic (exact) mass is 628 g/mol. The topological polar surface area (TPSA) is 71.1 Å². The molecule has 0 N–H and O–H groups in total. The van der Waals surface area contributed by atoms with Gasteiger partial charge in [0, 0.05) is 11.1 Å². The van der Waals surface area contributed by atoms with Gasteiger partial charge < -0.3 is 18.9 Å². The van der Waals surface area contributed by atoms with E-state index in [4.69, 9.17) is 18.9 Å². The Morgan fingerprint density at radius 1 is 0.489 bits per heavy atom. The zero-order valence-corrected chi connectivity index (χ0v) is 29.5. The third-order valence-corrected chi connectivity index (χ3v) is 12.8. The molecule has 4 aliphatic rings. The van der Waals surface area contributed by atoms with Crippen LogP contribution in [0.5, 0.6) is 0 Å². The van der Waals surface area contributed by atoms with E-state index in [1.165, 1.54) is 25.7 Å². The molecule has 0 aromatic heterocycles. The highest BCUT2D eigenvalue weighted by Gasteiger charge is 2.42. The van der Waals surface area contributed by atoms with Gasteiger partial charge in [-0.05, 0) is 151 Å². The zero-order valence-electron chi connectivity index (χ0n) is 29.5. The maximum Gasteiger partial charge on any atom is 0.333 e. The SMILES string of the molecule is C=C(C)C(=O)OC1CCC(C(C)(C)C2CCC(OCOC3CCC(C(C)(C)C4CCC(OC(=O)C(=C)C)CC4)CC3)CC2)CC1. The van der Waals surface area contributed by atoms with Crippen molar-refractivity contribution in [3.8, 4) is 0 Å². The lowest BCUT2D eigenvalue weighted by atomic mass is 9.60. The predicted molar refractivity (Wildman–Crippen MR) is 179 cm³/mol. The first-order valence-electron chi connectivity index (χ1n) is 18.2. The molecule has 4 fully saturated rings. The molecule has 6 heteroatoms. The van der Waals surface area contributed by atoms with Gasteiger partial charge in [-0.3, -0.25) is 0 Å². The molecular formula is C39H64O6. The van der Waals surface area contributed by atoms with Crippen LogP contribution in [0.25, 0.3) is 0 Å². The maximum absolute atomic E-state index is 11.9. The van der Waals surface area contributed by atoms with Gasteiger partial charge in [-0.15, -0.1) is 0 Å². The summed E-state index contributed by atoms with van der Waals surface area (Å²) in [5.74, 6) is 2.32. The van der Waals surface area contributed by atoms with Crippen molar-refractivity contribution in [3.63, 3.8) is 0 Å². The summed E-state index contributed by atoms with van der Waals surface area (Å²) in [6.45, 7) is 21.2. The fourth-order valence-electron chi connectivity index (χ4n) is 9.20. The van der Waals surface area contributed by atoms with Gasteiger partial charge in [0.2, 0.25) is 0 Å². The Morgan fingerprint density at radius 2 is 0.733 bits per heavy atom. The molecule has 0 aromatic carbocycles. The van der Waals surface area contributed by atoms with Crippen LogP contribution < -0.4 is 0 Å². The summed E-state index contributed by atoms with van der Waals surface area (Å²) in [7, 11) is 0. The predicted octanol–water partition coefficient (Wildman–Crippen LogP) is 9.50. The van der Waals surface area contributed by atoms with E-state index in [2.05, 4.69) is 40.9 Å². The normalized spacial score (nSPS) is 33.2. The van der Waals surface area contributed by atoms with Crippen LogP contribution in [0.1, 0.15) is 144 Å². The summed E-state index contributed by atoms with van der Waals surface area (Å²) >= 11 is 0. The summed E-state index contributed by atoms with van der Waals surface area (Å²) in [4.78, 5) is 23.9. The summed E-state index contributed by atoms with van der Waals surface area (Å²) in [6.07, 6.45) is 18.6. The van der Waals surface area contributed by atoms with E-state index in [1.807, 2.05) is 0 Å². The first kappa shape index (κ1) is 36.2. The van der Waals surface area contributed by atoms with E-state index in [9.17, 15) is 9.59 Å². The van der Waals surface area contributed by atoms with Crippen LogP contribution in [-0.2, 0) is 28.5 Å². The first-order chi connectivity index (χ1) is 21.3. The van der Waals surface area contributed by atoms with Crippen molar-refractivity contribution >= 4 is 11.9 Å². The minimum absolute atomic E-state index is 0.0541. The summed E-state index contributed by atoms with van der Waals surface area (Å²) in [5.41, 5.74) is 1.58. The summed E-state index contributed by atoms with van der Waals surface area (Å²) in [6, 6.07) is 0. The maximum atomic E-state index is 11.9. The van der Waals surface area contributed by atoms with Crippen molar-refractivity contribution in [1.29, 1.82) is 0 Å². The van der Waals surface area contributed by atoms with E-state index >= 15 is 0 Å². The van der Waals surface area contributed by atoms with E-state index in [1.54, 1.807) is 13.8 Å². The van der Waals surface area contributed by atoms with Crippen LogP contribution >= 0.6 is 0 Å². The van der Waals surface area contributed by atoms with Gasteiger partial charge in [-0.1, -0.05) is 40.9 Å². The minimum Gasteiger partial charge on any atom is -0.459 e. The average molecular weight is 629 g/mol. The van der Waals surface area contributed by atoms with Crippen LogP contribution in [0.15, 0.2) is 24.3 Å². The minimum atomic E-state index is -0.243. The van der Waals surface area contributed by atoms with Gasteiger partial charge in [-0.2, -0.15) is 0 Å². The largest absolute Gasteiger partial charge is 0.459 e. The van der Waals surface area contributed by atoms with Crippen molar-refractivity contribution in [2.24, 2.45) is 34.5 Å². The van der Waals surface area contributed by atoms with Crippen LogP contribution in [0.3, 0.4) is 0 Å². The quantitative estimate of drug-likeness (QED) is 0.122. The Labute approximate surface area is 274 Å². The Kier molecular flexibility index (Phi) is 12.8. The number of esters is 2. The van der Waals surface area contributed by atoms with Gasteiger partial charge in [0.15, 0.2) is 0 Å². The first-order valence-corrected chi connectivity index (χ1v) is 18.2. The lowest BCUT2D eigenvalue weighted by molar-refractivity contribution is -0.147. The molecule has 0 aromatic rings. The molecule has 0 spiro atoms. The molecule has 0 bridgehead atoms. The number of carbonyl (C=O) groups is 2. The van der Waals surface area contributed by atoms with E-state index in [-0.39, 0.29) is 24.1 Å². The van der Waals surface area contributed by atoms with Gasteiger partial charge in [0.25, 0.3) is 0 Å². The van der Waals surface area contributed by atoms with Crippen molar-refractivity contribution in [3.05, 3.63) is 24.3 Å². The lowest BCUT2D eigenvalue weighted by Crippen LogP contribution is -2.40. The molecule has 256 valence electrons. The second-order valence-electron chi connectivity index (χ2n) is 16.4. The smallest absolute Gasteiger partial charge is 0.333 e. The number of hydrogen-bond acceptors (Lipinski definition) is 6. The average Bonchev–Trinajstić information content (AvgIpc) is 3.02.